The number of thioether (sulfide) groups is 1. The fraction of sp³-hybridized carbons (Fsp3) is 0.364. The van der Waals surface area contributed by atoms with Crippen LogP contribution < -0.4 is 11.5 Å². The minimum absolute atomic E-state index is 0.0671. The first kappa shape index (κ1) is 12.1. The van der Waals surface area contributed by atoms with Gasteiger partial charge in [-0.05, 0) is 26.0 Å². The Bertz CT molecular complexity index is 333. The Kier molecular flexibility index (Phi) is 4.17. The smallest absolute Gasteiger partial charge is 0.159 e. The van der Waals surface area contributed by atoms with E-state index in [0.29, 0.717) is 11.7 Å². The number of benzene rings is 1. The summed E-state index contributed by atoms with van der Waals surface area (Å²) in [6.07, 6.45) is 0. The van der Waals surface area contributed by atoms with Crippen molar-refractivity contribution in [2.75, 3.05) is 6.54 Å². The summed E-state index contributed by atoms with van der Waals surface area (Å²) < 4.78 is -0.0671. The van der Waals surface area contributed by atoms with Crippen LogP contribution >= 0.6 is 11.8 Å². The third kappa shape index (κ3) is 4.36. The van der Waals surface area contributed by atoms with E-state index in [2.05, 4.69) is 4.99 Å². The number of amidine groups is 1. The zero-order valence-electron chi connectivity index (χ0n) is 9.10. The normalized spacial score (nSPS) is 12.9. The highest BCUT2D eigenvalue weighted by molar-refractivity contribution is 8.14. The van der Waals surface area contributed by atoms with Crippen molar-refractivity contribution in [3.8, 4) is 0 Å². The molecule has 1 aromatic rings. The van der Waals surface area contributed by atoms with E-state index in [9.17, 15) is 0 Å². The highest BCUT2D eigenvalue weighted by Crippen LogP contribution is 2.24. The van der Waals surface area contributed by atoms with Crippen LogP contribution in [0.25, 0.3) is 0 Å². The largest absolute Gasteiger partial charge is 0.378 e. The number of aliphatic imine (C=N–C) groups is 1. The van der Waals surface area contributed by atoms with Gasteiger partial charge in [-0.3, -0.25) is 0 Å². The predicted molar refractivity (Wildman–Crippen MR) is 68.4 cm³/mol. The molecule has 0 fully saturated rings. The second kappa shape index (κ2) is 5.19. The third-order valence-electron chi connectivity index (χ3n) is 1.87. The van der Waals surface area contributed by atoms with E-state index in [0.717, 1.165) is 5.69 Å². The molecule has 1 aromatic carbocycles. The zero-order valence-corrected chi connectivity index (χ0v) is 9.92. The molecule has 3 nitrogen and oxygen atoms in total. The van der Waals surface area contributed by atoms with E-state index in [-0.39, 0.29) is 4.75 Å². The fourth-order valence-electron chi connectivity index (χ4n) is 0.977. The highest BCUT2D eigenvalue weighted by Gasteiger charge is 2.17. The Morgan fingerprint density at radius 3 is 2.47 bits per heavy atom. The van der Waals surface area contributed by atoms with Gasteiger partial charge in [0, 0.05) is 11.3 Å². The molecule has 0 aliphatic rings. The van der Waals surface area contributed by atoms with E-state index in [1.165, 1.54) is 11.8 Å². The van der Waals surface area contributed by atoms with Crippen molar-refractivity contribution in [1.82, 2.24) is 0 Å². The lowest BCUT2D eigenvalue weighted by Crippen LogP contribution is -2.30. The second-order valence-electron chi connectivity index (χ2n) is 3.85. The molecule has 0 aromatic heterocycles. The van der Waals surface area contributed by atoms with Crippen molar-refractivity contribution in [1.29, 1.82) is 0 Å². The maximum atomic E-state index is 5.82. The van der Waals surface area contributed by atoms with Crippen LogP contribution in [0.3, 0.4) is 0 Å². The number of hydrogen-bond donors (Lipinski definition) is 2. The number of nitrogens with two attached hydrogens (primary N) is 2. The first-order chi connectivity index (χ1) is 7.03. The van der Waals surface area contributed by atoms with Gasteiger partial charge in [-0.1, -0.05) is 30.0 Å². The van der Waals surface area contributed by atoms with Crippen molar-refractivity contribution in [3.05, 3.63) is 30.3 Å². The summed E-state index contributed by atoms with van der Waals surface area (Å²) in [4.78, 5) is 4.29. The lowest BCUT2D eigenvalue weighted by molar-refractivity contribution is 0.727. The van der Waals surface area contributed by atoms with E-state index < -0.39 is 0 Å². The van der Waals surface area contributed by atoms with E-state index in [1.807, 2.05) is 44.2 Å². The van der Waals surface area contributed by atoms with Crippen molar-refractivity contribution in [2.24, 2.45) is 16.5 Å². The molecule has 0 heterocycles. The minimum Gasteiger partial charge on any atom is -0.378 e. The molecule has 0 saturated heterocycles. The van der Waals surface area contributed by atoms with E-state index in [4.69, 9.17) is 11.5 Å². The quantitative estimate of drug-likeness (QED) is 0.609. The molecule has 0 bridgehead atoms. The maximum Gasteiger partial charge on any atom is 0.159 e. The topological polar surface area (TPSA) is 64.4 Å². The van der Waals surface area contributed by atoms with Gasteiger partial charge in [0.15, 0.2) is 5.17 Å². The van der Waals surface area contributed by atoms with Gasteiger partial charge >= 0.3 is 0 Å². The highest BCUT2D eigenvalue weighted by atomic mass is 32.2. The summed E-state index contributed by atoms with van der Waals surface area (Å²) in [7, 11) is 0. The SMILES string of the molecule is CC(C)(CN)SC(N)=Nc1ccccc1. The molecule has 15 heavy (non-hydrogen) atoms. The van der Waals surface area contributed by atoms with Gasteiger partial charge in [0.05, 0.1) is 5.69 Å². The van der Waals surface area contributed by atoms with E-state index >= 15 is 0 Å². The maximum absolute atomic E-state index is 5.82. The van der Waals surface area contributed by atoms with Gasteiger partial charge in [0.2, 0.25) is 0 Å². The van der Waals surface area contributed by atoms with Crippen LogP contribution in [-0.2, 0) is 0 Å². The predicted octanol–water partition coefficient (Wildman–Crippen LogP) is 2.10. The lowest BCUT2D eigenvalue weighted by Gasteiger charge is -2.20. The Morgan fingerprint density at radius 2 is 1.93 bits per heavy atom. The van der Waals surface area contributed by atoms with Gasteiger partial charge in [-0.25, -0.2) is 4.99 Å². The van der Waals surface area contributed by atoms with Crippen molar-refractivity contribution in [2.45, 2.75) is 18.6 Å². The van der Waals surface area contributed by atoms with Crippen molar-refractivity contribution < 1.29 is 0 Å². The number of hydrogen-bond acceptors (Lipinski definition) is 3. The molecule has 4 heteroatoms. The Morgan fingerprint density at radius 1 is 1.33 bits per heavy atom. The Labute approximate surface area is 95.0 Å². The third-order valence-corrected chi connectivity index (χ3v) is 2.89. The van der Waals surface area contributed by atoms with Gasteiger partial charge in [0.25, 0.3) is 0 Å². The zero-order chi connectivity index (χ0) is 11.3. The van der Waals surface area contributed by atoms with Crippen LogP contribution in [0.2, 0.25) is 0 Å². The van der Waals surface area contributed by atoms with Crippen molar-refractivity contribution in [3.63, 3.8) is 0 Å². The summed E-state index contributed by atoms with van der Waals surface area (Å²) in [6.45, 7) is 4.67. The molecule has 4 N–H and O–H groups in total. The average Bonchev–Trinajstić information content (AvgIpc) is 2.18. The van der Waals surface area contributed by atoms with Gasteiger partial charge in [-0.15, -0.1) is 0 Å². The standard InChI is InChI=1S/C11H17N3S/c1-11(2,8-12)15-10(13)14-9-6-4-3-5-7-9/h3-7H,8,12H2,1-2H3,(H2,13,14). The number of rotatable bonds is 3. The fourth-order valence-corrected chi connectivity index (χ4v) is 1.78. The molecule has 82 valence electrons. The Hall–Kier alpha value is -1.00. The summed E-state index contributed by atoms with van der Waals surface area (Å²) >= 11 is 1.50. The molecule has 1 rings (SSSR count). The molecule has 0 unspecified atom stereocenters. The first-order valence-corrected chi connectivity index (χ1v) is 5.63. The lowest BCUT2D eigenvalue weighted by atomic mass is 10.2. The van der Waals surface area contributed by atoms with Crippen molar-refractivity contribution >= 4 is 22.6 Å². The van der Waals surface area contributed by atoms with Crippen LogP contribution in [0.15, 0.2) is 35.3 Å². The van der Waals surface area contributed by atoms with Crippen LogP contribution in [0, 0.1) is 0 Å². The van der Waals surface area contributed by atoms with Gasteiger partial charge in [-0.2, -0.15) is 0 Å². The van der Waals surface area contributed by atoms with Gasteiger partial charge in [0.1, 0.15) is 0 Å². The minimum atomic E-state index is -0.0671. The molecular weight excluding hydrogens is 206 g/mol. The summed E-state index contributed by atoms with van der Waals surface area (Å²) in [5.74, 6) is 0. The molecule has 0 aliphatic carbocycles. The Balaban J connectivity index is 2.69. The summed E-state index contributed by atoms with van der Waals surface area (Å²) in [5.41, 5.74) is 12.3. The number of para-hydroxylation sites is 1. The van der Waals surface area contributed by atoms with Crippen LogP contribution in [0.1, 0.15) is 13.8 Å². The number of nitrogens with zero attached hydrogens (tertiary/aromatic N) is 1. The molecule has 0 radical (unpaired) electrons. The molecule has 0 saturated carbocycles. The monoisotopic (exact) mass is 223 g/mol. The molecule has 0 spiro atoms. The van der Waals surface area contributed by atoms with E-state index in [1.54, 1.807) is 0 Å². The van der Waals surface area contributed by atoms with Crippen LogP contribution in [-0.4, -0.2) is 16.5 Å². The average molecular weight is 223 g/mol. The van der Waals surface area contributed by atoms with Crippen LogP contribution in [0.4, 0.5) is 5.69 Å². The van der Waals surface area contributed by atoms with Gasteiger partial charge < -0.3 is 11.5 Å². The second-order valence-corrected chi connectivity index (χ2v) is 5.58. The molecular formula is C11H17N3S. The molecule has 0 aliphatic heterocycles. The molecule has 0 atom stereocenters. The summed E-state index contributed by atoms with van der Waals surface area (Å²) in [6, 6.07) is 9.66. The summed E-state index contributed by atoms with van der Waals surface area (Å²) in [5, 5.41) is 0.552. The molecule has 0 amide bonds. The first-order valence-electron chi connectivity index (χ1n) is 4.82. The van der Waals surface area contributed by atoms with Crippen LogP contribution in [0.5, 0.6) is 0 Å².